The van der Waals surface area contributed by atoms with Gasteiger partial charge in [0.15, 0.2) is 5.11 Å². The van der Waals surface area contributed by atoms with E-state index in [-0.39, 0.29) is 0 Å². The number of nitrogens with one attached hydrogen (secondary N) is 1. The van der Waals surface area contributed by atoms with Crippen LogP contribution in [0.25, 0.3) is 0 Å². The number of hydrogen-bond acceptors (Lipinski definition) is 2. The lowest BCUT2D eigenvalue weighted by Gasteiger charge is -2.26. The molecule has 1 N–H and O–H groups in total. The number of hydrogen-bond donors (Lipinski definition) is 1. The maximum atomic E-state index is 5.74. The molecular weight excluding hydrogens is 352 g/mol. The molecule has 3 nitrogen and oxygen atoms in total. The predicted octanol–water partition coefficient (Wildman–Crippen LogP) is 5.08. The van der Waals surface area contributed by atoms with E-state index in [2.05, 4.69) is 65.7 Å². The summed E-state index contributed by atoms with van der Waals surface area (Å²) in [5.74, 6) is 0.854. The van der Waals surface area contributed by atoms with Crippen molar-refractivity contribution in [1.29, 1.82) is 0 Å². The van der Waals surface area contributed by atoms with Gasteiger partial charge in [-0.15, -0.1) is 0 Å². The van der Waals surface area contributed by atoms with Crippen molar-refractivity contribution in [1.82, 2.24) is 5.32 Å². The zero-order valence-electron chi connectivity index (χ0n) is 15.7. The summed E-state index contributed by atoms with van der Waals surface area (Å²) in [4.78, 5) is 2.14. The second-order valence-corrected chi connectivity index (χ2v) is 6.80. The minimum atomic E-state index is 0.667. The largest absolute Gasteiger partial charge is 0.497 e. The summed E-state index contributed by atoms with van der Waals surface area (Å²) < 4.78 is 5.21. The van der Waals surface area contributed by atoms with Crippen molar-refractivity contribution in [2.24, 2.45) is 0 Å². The summed E-state index contributed by atoms with van der Waals surface area (Å²) in [5, 5.41) is 4.10. The standard InChI is InChI=1S/C23H24N2OS/c1-18-7-6-10-21(15-18)25(17-20-8-4-3-5-9-20)23(27)24-16-19-11-13-22(26-2)14-12-19/h3-15H,16-17H2,1-2H3,(H,24,27). The third-order valence-corrected chi connectivity index (χ3v) is 4.71. The normalized spacial score (nSPS) is 10.3. The monoisotopic (exact) mass is 376 g/mol. The number of thiocarbonyl (C=S) groups is 1. The van der Waals surface area contributed by atoms with Gasteiger partial charge in [0.2, 0.25) is 0 Å². The molecule has 0 heterocycles. The van der Waals surface area contributed by atoms with E-state index in [0.29, 0.717) is 11.7 Å². The van der Waals surface area contributed by atoms with E-state index in [9.17, 15) is 0 Å². The minimum Gasteiger partial charge on any atom is -0.497 e. The van der Waals surface area contributed by atoms with Gasteiger partial charge in [0.25, 0.3) is 0 Å². The van der Waals surface area contributed by atoms with E-state index in [1.165, 1.54) is 11.1 Å². The smallest absolute Gasteiger partial charge is 0.174 e. The molecular formula is C23H24N2OS. The fraction of sp³-hybridized carbons (Fsp3) is 0.174. The second kappa shape index (κ2) is 9.19. The van der Waals surface area contributed by atoms with Gasteiger partial charge in [0, 0.05) is 12.2 Å². The molecule has 0 amide bonds. The molecule has 0 unspecified atom stereocenters. The number of rotatable bonds is 6. The van der Waals surface area contributed by atoms with Gasteiger partial charge >= 0.3 is 0 Å². The summed E-state index contributed by atoms with van der Waals surface area (Å²) >= 11 is 5.74. The molecule has 0 bridgehead atoms. The minimum absolute atomic E-state index is 0.667. The van der Waals surface area contributed by atoms with Gasteiger partial charge in [0.1, 0.15) is 5.75 Å². The highest BCUT2D eigenvalue weighted by Gasteiger charge is 2.13. The fourth-order valence-electron chi connectivity index (χ4n) is 2.86. The van der Waals surface area contributed by atoms with Gasteiger partial charge in [-0.3, -0.25) is 0 Å². The van der Waals surface area contributed by atoms with Crippen LogP contribution in [0.5, 0.6) is 5.75 Å². The van der Waals surface area contributed by atoms with Crippen LogP contribution in [0.4, 0.5) is 5.69 Å². The first-order chi connectivity index (χ1) is 13.2. The Balaban J connectivity index is 1.75. The molecule has 27 heavy (non-hydrogen) atoms. The van der Waals surface area contributed by atoms with Crippen LogP contribution in [0.3, 0.4) is 0 Å². The molecule has 3 aromatic rings. The molecule has 0 spiro atoms. The van der Waals surface area contributed by atoms with E-state index in [1.54, 1.807) is 7.11 Å². The highest BCUT2D eigenvalue weighted by Crippen LogP contribution is 2.19. The molecule has 0 atom stereocenters. The average molecular weight is 377 g/mol. The van der Waals surface area contributed by atoms with Crippen LogP contribution in [0.2, 0.25) is 0 Å². The first kappa shape index (κ1) is 18.9. The Morgan fingerprint density at radius 2 is 1.67 bits per heavy atom. The summed E-state index contributed by atoms with van der Waals surface area (Å²) in [6.45, 7) is 3.48. The van der Waals surface area contributed by atoms with Crippen LogP contribution in [0.15, 0.2) is 78.9 Å². The van der Waals surface area contributed by atoms with Crippen molar-refractivity contribution in [3.05, 3.63) is 95.6 Å². The van der Waals surface area contributed by atoms with Crippen molar-refractivity contribution < 1.29 is 4.74 Å². The van der Waals surface area contributed by atoms with Crippen molar-refractivity contribution >= 4 is 23.0 Å². The predicted molar refractivity (Wildman–Crippen MR) is 116 cm³/mol. The molecule has 0 aliphatic carbocycles. The number of nitrogens with zero attached hydrogens (tertiary/aromatic N) is 1. The van der Waals surface area contributed by atoms with Crippen LogP contribution in [-0.2, 0) is 13.1 Å². The summed E-state index contributed by atoms with van der Waals surface area (Å²) in [6, 6.07) is 26.8. The molecule has 0 radical (unpaired) electrons. The second-order valence-electron chi connectivity index (χ2n) is 6.42. The maximum absolute atomic E-state index is 5.74. The van der Waals surface area contributed by atoms with Crippen LogP contribution in [0.1, 0.15) is 16.7 Å². The maximum Gasteiger partial charge on any atom is 0.174 e. The molecule has 0 aromatic heterocycles. The highest BCUT2D eigenvalue weighted by atomic mass is 32.1. The van der Waals surface area contributed by atoms with Crippen molar-refractivity contribution in [3.8, 4) is 5.75 Å². The third-order valence-electron chi connectivity index (χ3n) is 4.34. The van der Waals surface area contributed by atoms with Gasteiger partial charge < -0.3 is 15.0 Å². The van der Waals surface area contributed by atoms with Crippen LogP contribution in [-0.4, -0.2) is 12.2 Å². The van der Waals surface area contributed by atoms with Crippen LogP contribution in [0, 0.1) is 6.92 Å². The molecule has 3 rings (SSSR count). The average Bonchev–Trinajstić information content (AvgIpc) is 2.71. The van der Waals surface area contributed by atoms with E-state index in [4.69, 9.17) is 17.0 Å². The fourth-order valence-corrected chi connectivity index (χ4v) is 3.10. The van der Waals surface area contributed by atoms with Gasteiger partial charge in [-0.1, -0.05) is 54.6 Å². The first-order valence-corrected chi connectivity index (χ1v) is 9.35. The Morgan fingerprint density at radius 1 is 0.926 bits per heavy atom. The molecule has 138 valence electrons. The molecule has 0 saturated heterocycles. The van der Waals surface area contributed by atoms with Gasteiger partial charge in [-0.05, 0) is 60.1 Å². The summed E-state index contributed by atoms with van der Waals surface area (Å²) in [7, 11) is 1.67. The number of anilines is 1. The zero-order chi connectivity index (χ0) is 19.1. The van der Waals surface area contributed by atoms with Crippen molar-refractivity contribution in [2.75, 3.05) is 12.0 Å². The molecule has 3 aromatic carbocycles. The van der Waals surface area contributed by atoms with Gasteiger partial charge in [-0.25, -0.2) is 0 Å². The Kier molecular flexibility index (Phi) is 6.44. The Labute approximate surface area is 166 Å². The first-order valence-electron chi connectivity index (χ1n) is 8.94. The van der Waals surface area contributed by atoms with E-state index >= 15 is 0 Å². The quantitative estimate of drug-likeness (QED) is 0.606. The van der Waals surface area contributed by atoms with Crippen LogP contribution >= 0.6 is 12.2 Å². The van der Waals surface area contributed by atoms with E-state index in [0.717, 1.165) is 23.5 Å². The number of methoxy groups -OCH3 is 1. The Morgan fingerprint density at radius 3 is 2.33 bits per heavy atom. The van der Waals surface area contributed by atoms with Crippen molar-refractivity contribution in [3.63, 3.8) is 0 Å². The number of benzene rings is 3. The zero-order valence-corrected chi connectivity index (χ0v) is 16.5. The lowest BCUT2D eigenvalue weighted by atomic mass is 10.1. The molecule has 0 aliphatic rings. The van der Waals surface area contributed by atoms with E-state index < -0.39 is 0 Å². The molecule has 0 aliphatic heterocycles. The highest BCUT2D eigenvalue weighted by molar-refractivity contribution is 7.80. The van der Waals surface area contributed by atoms with Gasteiger partial charge in [0.05, 0.1) is 13.7 Å². The van der Waals surface area contributed by atoms with Crippen LogP contribution < -0.4 is 15.0 Å². The lowest BCUT2D eigenvalue weighted by Crippen LogP contribution is -2.39. The number of ether oxygens (including phenoxy) is 1. The topological polar surface area (TPSA) is 24.5 Å². The molecule has 0 fully saturated rings. The molecule has 4 heteroatoms. The lowest BCUT2D eigenvalue weighted by molar-refractivity contribution is 0.414. The SMILES string of the molecule is COc1ccc(CNC(=S)N(Cc2ccccc2)c2cccc(C)c2)cc1. The Hall–Kier alpha value is -2.85. The summed E-state index contributed by atoms with van der Waals surface area (Å²) in [6.07, 6.45) is 0. The number of aryl methyl sites for hydroxylation is 1. The van der Waals surface area contributed by atoms with Gasteiger partial charge in [-0.2, -0.15) is 0 Å². The Bertz CT molecular complexity index is 878. The summed E-state index contributed by atoms with van der Waals surface area (Å²) in [5.41, 5.74) is 4.67. The van der Waals surface area contributed by atoms with Crippen molar-refractivity contribution in [2.45, 2.75) is 20.0 Å². The van der Waals surface area contributed by atoms with E-state index in [1.807, 2.05) is 30.3 Å². The molecule has 0 saturated carbocycles. The third kappa shape index (κ3) is 5.31.